The van der Waals surface area contributed by atoms with E-state index < -0.39 is 6.10 Å². The maximum atomic E-state index is 11.3. The third-order valence-electron chi connectivity index (χ3n) is 1.89. The minimum Gasteiger partial charge on any atom is -0.366 e. The highest BCUT2D eigenvalue weighted by Gasteiger charge is 2.18. The van der Waals surface area contributed by atoms with E-state index in [1.54, 1.807) is 6.92 Å². The Morgan fingerprint density at radius 2 is 2.14 bits per heavy atom. The molecule has 0 saturated heterocycles. The largest absolute Gasteiger partial charge is 0.366 e. The molecule has 1 rings (SSSR count). The molecule has 0 spiro atoms. The summed E-state index contributed by atoms with van der Waals surface area (Å²) in [6, 6.07) is 7.61. The minimum absolute atomic E-state index is 0.0266. The molecule has 14 heavy (non-hydrogen) atoms. The molecule has 0 bridgehead atoms. The van der Waals surface area contributed by atoms with Crippen molar-refractivity contribution in [2.24, 2.45) is 0 Å². The van der Waals surface area contributed by atoms with Gasteiger partial charge in [0.15, 0.2) is 5.78 Å². The van der Waals surface area contributed by atoms with Gasteiger partial charge in [-0.3, -0.25) is 4.79 Å². The quantitative estimate of drug-likeness (QED) is 0.828. The number of carbonyl (C=O) groups excluding carboxylic acids is 1. The Morgan fingerprint density at radius 3 is 2.64 bits per heavy atom. The van der Waals surface area contributed by atoms with E-state index in [-0.39, 0.29) is 5.78 Å². The smallest absolute Gasteiger partial charge is 0.163 e. The highest BCUT2D eigenvalue weighted by atomic mass is 79.9. The Hall–Kier alpha value is -0.670. The monoisotopic (exact) mass is 256 g/mol. The summed E-state index contributed by atoms with van der Waals surface area (Å²) in [6.45, 7) is 3.96. The van der Waals surface area contributed by atoms with Gasteiger partial charge in [0.1, 0.15) is 6.10 Å². The highest BCUT2D eigenvalue weighted by molar-refractivity contribution is 9.10. The minimum atomic E-state index is -0.449. The van der Waals surface area contributed by atoms with Gasteiger partial charge in [0.2, 0.25) is 0 Å². The van der Waals surface area contributed by atoms with Crippen molar-refractivity contribution < 1.29 is 9.53 Å². The molecule has 3 heteroatoms. The SMILES string of the molecule is CCOC(C(C)=O)c1ccccc1Br. The molecule has 0 heterocycles. The summed E-state index contributed by atoms with van der Waals surface area (Å²) >= 11 is 3.40. The predicted molar refractivity (Wildman–Crippen MR) is 59.2 cm³/mol. The second-order valence-corrected chi connectivity index (χ2v) is 3.82. The van der Waals surface area contributed by atoms with Gasteiger partial charge < -0.3 is 4.74 Å². The van der Waals surface area contributed by atoms with Crippen LogP contribution >= 0.6 is 15.9 Å². The van der Waals surface area contributed by atoms with Gasteiger partial charge in [0.05, 0.1) is 0 Å². The molecule has 1 aromatic carbocycles. The number of Topliss-reactive ketones (excluding diaryl/α,β-unsaturated/α-hetero) is 1. The van der Waals surface area contributed by atoms with Gasteiger partial charge in [-0.1, -0.05) is 34.1 Å². The molecule has 0 aliphatic rings. The van der Waals surface area contributed by atoms with Gasteiger partial charge in [0, 0.05) is 16.6 Å². The zero-order chi connectivity index (χ0) is 10.6. The van der Waals surface area contributed by atoms with Crippen LogP contribution in [-0.4, -0.2) is 12.4 Å². The van der Waals surface area contributed by atoms with Crippen molar-refractivity contribution in [2.45, 2.75) is 20.0 Å². The van der Waals surface area contributed by atoms with Crippen LogP contribution in [0.1, 0.15) is 25.5 Å². The zero-order valence-electron chi connectivity index (χ0n) is 8.29. The van der Waals surface area contributed by atoms with Gasteiger partial charge in [-0.25, -0.2) is 0 Å². The molecule has 1 unspecified atom stereocenters. The van der Waals surface area contributed by atoms with Crippen molar-refractivity contribution in [2.75, 3.05) is 6.61 Å². The number of ketones is 1. The zero-order valence-corrected chi connectivity index (χ0v) is 9.87. The molecule has 0 radical (unpaired) electrons. The standard InChI is InChI=1S/C11H13BrO2/c1-3-14-11(8(2)13)9-6-4-5-7-10(9)12/h4-7,11H,3H2,1-2H3. The lowest BCUT2D eigenvalue weighted by atomic mass is 10.1. The first-order valence-corrected chi connectivity index (χ1v) is 5.32. The van der Waals surface area contributed by atoms with Gasteiger partial charge in [-0.05, 0) is 19.9 Å². The fraction of sp³-hybridized carbons (Fsp3) is 0.364. The van der Waals surface area contributed by atoms with Crippen molar-refractivity contribution in [1.82, 2.24) is 0 Å². The Kier molecular flexibility index (Phi) is 4.29. The highest BCUT2D eigenvalue weighted by Crippen LogP contribution is 2.26. The molecule has 0 aliphatic carbocycles. The number of ether oxygens (including phenoxy) is 1. The van der Waals surface area contributed by atoms with Gasteiger partial charge in [0.25, 0.3) is 0 Å². The molecular weight excluding hydrogens is 244 g/mol. The fourth-order valence-electron chi connectivity index (χ4n) is 1.28. The maximum absolute atomic E-state index is 11.3. The molecule has 0 aromatic heterocycles. The lowest BCUT2D eigenvalue weighted by molar-refractivity contribution is -0.128. The van der Waals surface area contributed by atoms with E-state index in [0.717, 1.165) is 10.0 Å². The van der Waals surface area contributed by atoms with Crippen molar-refractivity contribution in [3.63, 3.8) is 0 Å². The number of benzene rings is 1. The van der Waals surface area contributed by atoms with E-state index in [2.05, 4.69) is 15.9 Å². The number of hydrogen-bond acceptors (Lipinski definition) is 2. The van der Waals surface area contributed by atoms with Crippen LogP contribution in [-0.2, 0) is 9.53 Å². The van der Waals surface area contributed by atoms with E-state index in [4.69, 9.17) is 4.74 Å². The molecule has 0 fully saturated rings. The molecule has 0 aliphatic heterocycles. The van der Waals surface area contributed by atoms with Crippen LogP contribution in [0.5, 0.6) is 0 Å². The number of carbonyl (C=O) groups is 1. The van der Waals surface area contributed by atoms with Crippen LogP contribution in [0.4, 0.5) is 0 Å². The summed E-state index contributed by atoms with van der Waals surface area (Å²) in [4.78, 5) is 11.3. The summed E-state index contributed by atoms with van der Waals surface area (Å²) in [5.41, 5.74) is 0.891. The van der Waals surface area contributed by atoms with Gasteiger partial charge in [-0.15, -0.1) is 0 Å². The molecular formula is C11H13BrO2. The summed E-state index contributed by atoms with van der Waals surface area (Å²) in [5.74, 6) is 0.0266. The molecule has 0 amide bonds. The normalized spacial score (nSPS) is 12.5. The van der Waals surface area contributed by atoms with Gasteiger partial charge >= 0.3 is 0 Å². The van der Waals surface area contributed by atoms with Crippen LogP contribution in [0.3, 0.4) is 0 Å². The number of hydrogen-bond donors (Lipinski definition) is 0. The Balaban J connectivity index is 2.99. The van der Waals surface area contributed by atoms with Crippen LogP contribution in [0.25, 0.3) is 0 Å². The van der Waals surface area contributed by atoms with E-state index in [0.29, 0.717) is 6.61 Å². The van der Waals surface area contributed by atoms with E-state index in [9.17, 15) is 4.79 Å². The Bertz CT molecular complexity index is 323. The van der Waals surface area contributed by atoms with Gasteiger partial charge in [-0.2, -0.15) is 0 Å². The van der Waals surface area contributed by atoms with Crippen LogP contribution in [0.15, 0.2) is 28.7 Å². The predicted octanol–water partition coefficient (Wildman–Crippen LogP) is 3.12. The Labute approximate surface area is 92.4 Å². The molecule has 1 aromatic rings. The second-order valence-electron chi connectivity index (χ2n) is 2.97. The van der Waals surface area contributed by atoms with E-state index >= 15 is 0 Å². The first kappa shape index (κ1) is 11.4. The van der Waals surface area contributed by atoms with Crippen LogP contribution < -0.4 is 0 Å². The molecule has 2 nitrogen and oxygen atoms in total. The number of halogens is 1. The van der Waals surface area contributed by atoms with Crippen molar-refractivity contribution in [1.29, 1.82) is 0 Å². The second kappa shape index (κ2) is 5.27. The van der Waals surface area contributed by atoms with Crippen LogP contribution in [0, 0.1) is 0 Å². The van der Waals surface area contributed by atoms with Crippen LogP contribution in [0.2, 0.25) is 0 Å². The summed E-state index contributed by atoms with van der Waals surface area (Å²) < 4.78 is 6.30. The lowest BCUT2D eigenvalue weighted by Crippen LogP contribution is -2.13. The van der Waals surface area contributed by atoms with Crippen molar-refractivity contribution >= 4 is 21.7 Å². The van der Waals surface area contributed by atoms with Crippen molar-refractivity contribution in [3.05, 3.63) is 34.3 Å². The average molecular weight is 257 g/mol. The molecule has 76 valence electrons. The first-order chi connectivity index (χ1) is 6.66. The molecule has 1 atom stereocenters. The molecule has 0 saturated carbocycles. The maximum Gasteiger partial charge on any atom is 0.163 e. The summed E-state index contributed by atoms with van der Waals surface area (Å²) in [7, 11) is 0. The fourth-order valence-corrected chi connectivity index (χ4v) is 1.77. The topological polar surface area (TPSA) is 26.3 Å². The first-order valence-electron chi connectivity index (χ1n) is 4.53. The summed E-state index contributed by atoms with van der Waals surface area (Å²) in [5, 5.41) is 0. The Morgan fingerprint density at radius 1 is 1.50 bits per heavy atom. The summed E-state index contributed by atoms with van der Waals surface area (Å²) in [6.07, 6.45) is -0.449. The molecule has 0 N–H and O–H groups in total. The van der Waals surface area contributed by atoms with E-state index in [1.807, 2.05) is 31.2 Å². The third-order valence-corrected chi connectivity index (χ3v) is 2.61. The third kappa shape index (κ3) is 2.66. The van der Waals surface area contributed by atoms with Crippen molar-refractivity contribution in [3.8, 4) is 0 Å². The lowest BCUT2D eigenvalue weighted by Gasteiger charge is -2.15. The van der Waals surface area contributed by atoms with E-state index in [1.165, 1.54) is 0 Å². The number of rotatable bonds is 4. The average Bonchev–Trinajstić information content (AvgIpc) is 2.15.